The van der Waals surface area contributed by atoms with Crippen LogP contribution in [0.1, 0.15) is 36.5 Å². The lowest BCUT2D eigenvalue weighted by Crippen LogP contribution is -2.15. The zero-order valence-corrected chi connectivity index (χ0v) is 12.1. The minimum Gasteiger partial charge on any atom is -0.478 e. The minimum atomic E-state index is -1.00. The molecule has 0 aliphatic rings. The number of carboxylic acids is 1. The Hall–Kier alpha value is -2.37. The van der Waals surface area contributed by atoms with Crippen molar-refractivity contribution in [3.8, 4) is 0 Å². The number of hydrogen-bond acceptors (Lipinski definition) is 4. The quantitative estimate of drug-likeness (QED) is 0.825. The summed E-state index contributed by atoms with van der Waals surface area (Å²) < 4.78 is 6.71. The Balaban J connectivity index is 2.50. The van der Waals surface area contributed by atoms with Gasteiger partial charge in [0.05, 0.1) is 23.2 Å². The smallest absolute Gasteiger partial charge is 0.335 e. The first kappa shape index (κ1) is 15.0. The van der Waals surface area contributed by atoms with Crippen LogP contribution in [-0.4, -0.2) is 33.2 Å². The molecule has 2 rings (SSSR count). The predicted octanol–water partition coefficient (Wildman–Crippen LogP) is 2.25. The van der Waals surface area contributed by atoms with Gasteiger partial charge < -0.3 is 14.4 Å². The van der Waals surface area contributed by atoms with Crippen molar-refractivity contribution in [1.82, 2.24) is 9.55 Å². The Morgan fingerprint density at radius 3 is 2.71 bits per heavy atom. The van der Waals surface area contributed by atoms with Gasteiger partial charge in [-0.25, -0.2) is 9.78 Å². The molecule has 1 N–H and O–H groups in total. The molecule has 1 heterocycles. The number of ether oxygens (including phenoxy) is 1. The van der Waals surface area contributed by atoms with Gasteiger partial charge in [0.2, 0.25) is 0 Å². The van der Waals surface area contributed by atoms with E-state index >= 15 is 0 Å². The molecule has 0 spiro atoms. The molecule has 0 radical (unpaired) electrons. The van der Waals surface area contributed by atoms with Gasteiger partial charge in [-0.05, 0) is 31.5 Å². The fourth-order valence-electron chi connectivity index (χ4n) is 2.23. The lowest BCUT2D eigenvalue weighted by molar-refractivity contribution is -0.143. The van der Waals surface area contributed by atoms with Gasteiger partial charge in [0.1, 0.15) is 12.4 Å². The van der Waals surface area contributed by atoms with Crippen LogP contribution in [-0.2, 0) is 22.5 Å². The van der Waals surface area contributed by atoms with E-state index < -0.39 is 5.97 Å². The van der Waals surface area contributed by atoms with Crippen molar-refractivity contribution in [3.05, 3.63) is 29.6 Å². The molecule has 0 unspecified atom stereocenters. The number of carbonyl (C=O) groups is 2. The highest BCUT2D eigenvalue weighted by Crippen LogP contribution is 2.19. The molecule has 1 aromatic heterocycles. The number of nitrogens with zero attached hydrogens (tertiary/aromatic N) is 2. The number of benzene rings is 1. The molecule has 6 nitrogen and oxygen atoms in total. The summed E-state index contributed by atoms with van der Waals surface area (Å²) in [5.41, 5.74) is 1.51. The minimum absolute atomic E-state index is 0.0444. The second-order valence-electron chi connectivity index (χ2n) is 4.68. The molecule has 0 fully saturated rings. The fraction of sp³-hybridized carbons (Fsp3) is 0.400. The van der Waals surface area contributed by atoms with E-state index in [4.69, 9.17) is 9.84 Å². The molecular weight excluding hydrogens is 272 g/mol. The molecular formula is C15H18N2O4. The first-order chi connectivity index (χ1) is 10.1. The van der Waals surface area contributed by atoms with Gasteiger partial charge in [-0.2, -0.15) is 0 Å². The highest BCUT2D eigenvalue weighted by Gasteiger charge is 2.15. The van der Waals surface area contributed by atoms with Crippen LogP contribution in [0.3, 0.4) is 0 Å². The Morgan fingerprint density at radius 1 is 1.33 bits per heavy atom. The van der Waals surface area contributed by atoms with Crippen LogP contribution < -0.4 is 0 Å². The van der Waals surface area contributed by atoms with Crippen LogP contribution in [0.2, 0.25) is 0 Å². The molecule has 0 amide bonds. The third-order valence-electron chi connectivity index (χ3n) is 3.14. The molecule has 0 saturated heterocycles. The number of rotatable bonds is 6. The van der Waals surface area contributed by atoms with E-state index in [1.165, 1.54) is 6.07 Å². The average Bonchev–Trinajstić information content (AvgIpc) is 2.77. The van der Waals surface area contributed by atoms with E-state index in [2.05, 4.69) is 4.98 Å². The Labute approximate surface area is 122 Å². The second kappa shape index (κ2) is 6.39. The lowest BCUT2D eigenvalue weighted by atomic mass is 10.2. The summed E-state index contributed by atoms with van der Waals surface area (Å²) in [7, 11) is 0. The van der Waals surface area contributed by atoms with Gasteiger partial charge in [0.25, 0.3) is 0 Å². The van der Waals surface area contributed by atoms with Crippen LogP contribution in [0.5, 0.6) is 0 Å². The standard InChI is InChI=1S/C15H18N2O4/c1-3-5-13-16-11-7-6-10(15(19)20)8-12(11)17(13)9-14(18)21-4-2/h6-8H,3-5,9H2,1-2H3,(H,19,20). The normalized spacial score (nSPS) is 10.8. The summed E-state index contributed by atoms with van der Waals surface area (Å²) >= 11 is 0. The van der Waals surface area contributed by atoms with E-state index in [-0.39, 0.29) is 18.1 Å². The number of aryl methyl sites for hydroxylation is 1. The van der Waals surface area contributed by atoms with E-state index in [0.717, 1.165) is 18.7 Å². The summed E-state index contributed by atoms with van der Waals surface area (Å²) in [4.78, 5) is 27.3. The van der Waals surface area contributed by atoms with Crippen molar-refractivity contribution in [2.75, 3.05) is 6.61 Å². The van der Waals surface area contributed by atoms with E-state index in [0.29, 0.717) is 17.6 Å². The summed E-state index contributed by atoms with van der Waals surface area (Å²) in [5.74, 6) is -0.587. The van der Waals surface area contributed by atoms with Gasteiger partial charge in [-0.1, -0.05) is 6.92 Å². The number of imidazole rings is 1. The topological polar surface area (TPSA) is 81.4 Å². The molecule has 0 atom stereocenters. The first-order valence-electron chi connectivity index (χ1n) is 6.94. The monoisotopic (exact) mass is 290 g/mol. The largest absolute Gasteiger partial charge is 0.478 e. The average molecular weight is 290 g/mol. The summed E-state index contributed by atoms with van der Waals surface area (Å²) in [6.45, 7) is 4.13. The third kappa shape index (κ3) is 3.21. The number of aromatic carboxylic acids is 1. The number of aromatic nitrogens is 2. The maximum atomic E-state index is 11.7. The van der Waals surface area contributed by atoms with Crippen LogP contribution in [0.4, 0.5) is 0 Å². The van der Waals surface area contributed by atoms with Crippen molar-refractivity contribution in [3.63, 3.8) is 0 Å². The lowest BCUT2D eigenvalue weighted by Gasteiger charge is -2.08. The van der Waals surface area contributed by atoms with Gasteiger partial charge >= 0.3 is 11.9 Å². The Morgan fingerprint density at radius 2 is 2.10 bits per heavy atom. The molecule has 6 heteroatoms. The molecule has 0 saturated carbocycles. The summed E-state index contributed by atoms with van der Waals surface area (Å²) in [6.07, 6.45) is 1.61. The highest BCUT2D eigenvalue weighted by atomic mass is 16.5. The first-order valence-corrected chi connectivity index (χ1v) is 6.94. The fourth-order valence-corrected chi connectivity index (χ4v) is 2.23. The zero-order valence-electron chi connectivity index (χ0n) is 12.1. The van der Waals surface area contributed by atoms with Crippen LogP contribution >= 0.6 is 0 Å². The predicted molar refractivity (Wildman–Crippen MR) is 77.3 cm³/mol. The van der Waals surface area contributed by atoms with Crippen LogP contribution in [0.15, 0.2) is 18.2 Å². The van der Waals surface area contributed by atoms with Crippen LogP contribution in [0.25, 0.3) is 11.0 Å². The zero-order chi connectivity index (χ0) is 15.4. The Kier molecular flexibility index (Phi) is 4.57. The number of esters is 1. The third-order valence-corrected chi connectivity index (χ3v) is 3.14. The van der Waals surface area contributed by atoms with Crippen molar-refractivity contribution in [2.45, 2.75) is 33.2 Å². The number of fused-ring (bicyclic) bond motifs is 1. The molecule has 112 valence electrons. The molecule has 2 aromatic rings. The van der Waals surface area contributed by atoms with Crippen molar-refractivity contribution in [2.24, 2.45) is 0 Å². The van der Waals surface area contributed by atoms with Crippen molar-refractivity contribution in [1.29, 1.82) is 0 Å². The molecule has 0 aliphatic carbocycles. The van der Waals surface area contributed by atoms with Gasteiger partial charge in [0, 0.05) is 6.42 Å². The van der Waals surface area contributed by atoms with Gasteiger partial charge in [-0.15, -0.1) is 0 Å². The summed E-state index contributed by atoms with van der Waals surface area (Å²) in [6, 6.07) is 4.73. The molecule has 21 heavy (non-hydrogen) atoms. The number of carbonyl (C=O) groups excluding carboxylic acids is 1. The second-order valence-corrected chi connectivity index (χ2v) is 4.68. The SMILES string of the molecule is CCCc1nc2ccc(C(=O)O)cc2n1CC(=O)OCC. The van der Waals surface area contributed by atoms with E-state index in [1.807, 2.05) is 6.92 Å². The van der Waals surface area contributed by atoms with E-state index in [1.54, 1.807) is 23.6 Å². The van der Waals surface area contributed by atoms with Crippen molar-refractivity contribution < 1.29 is 19.4 Å². The maximum absolute atomic E-state index is 11.7. The highest BCUT2D eigenvalue weighted by molar-refractivity contribution is 5.92. The molecule has 0 aliphatic heterocycles. The van der Waals surface area contributed by atoms with Crippen molar-refractivity contribution >= 4 is 23.0 Å². The van der Waals surface area contributed by atoms with Gasteiger partial charge in [-0.3, -0.25) is 4.79 Å². The number of carboxylic acid groups (broad SMARTS) is 1. The number of hydrogen-bond donors (Lipinski definition) is 1. The maximum Gasteiger partial charge on any atom is 0.335 e. The molecule has 0 bridgehead atoms. The molecule has 1 aromatic carbocycles. The summed E-state index contributed by atoms with van der Waals surface area (Å²) in [5, 5.41) is 9.09. The Bertz CT molecular complexity index is 676. The van der Waals surface area contributed by atoms with Crippen LogP contribution in [0, 0.1) is 0 Å². The van der Waals surface area contributed by atoms with Gasteiger partial charge in [0.15, 0.2) is 0 Å². The van der Waals surface area contributed by atoms with E-state index in [9.17, 15) is 9.59 Å².